The van der Waals surface area contributed by atoms with Crippen molar-refractivity contribution in [1.29, 1.82) is 0 Å². The Bertz CT molecular complexity index is 956. The minimum Gasteiger partial charge on any atom is -0.465 e. The molecule has 3 aromatic rings. The van der Waals surface area contributed by atoms with Crippen LogP contribution in [-0.4, -0.2) is 54.2 Å². The van der Waals surface area contributed by atoms with E-state index in [0.29, 0.717) is 17.3 Å². The molecule has 0 atom stereocenters. The van der Waals surface area contributed by atoms with Gasteiger partial charge in [-0.2, -0.15) is 4.98 Å². The van der Waals surface area contributed by atoms with Gasteiger partial charge < -0.3 is 19.9 Å². The smallest absolute Gasteiger partial charge is 0.337 e. The van der Waals surface area contributed by atoms with Crippen molar-refractivity contribution in [3.63, 3.8) is 0 Å². The molecule has 8 heteroatoms. The molecule has 1 N–H and O–H groups in total. The van der Waals surface area contributed by atoms with E-state index in [2.05, 4.69) is 30.1 Å². The summed E-state index contributed by atoms with van der Waals surface area (Å²) in [6.45, 7) is 3.39. The van der Waals surface area contributed by atoms with Gasteiger partial charge in [0, 0.05) is 44.3 Å². The maximum Gasteiger partial charge on any atom is 0.337 e. The molecule has 1 saturated heterocycles. The highest BCUT2D eigenvalue weighted by Gasteiger charge is 2.20. The normalized spacial score (nSPS) is 13.8. The van der Waals surface area contributed by atoms with Crippen LogP contribution >= 0.6 is 0 Å². The largest absolute Gasteiger partial charge is 0.465 e. The third-order valence-electron chi connectivity index (χ3n) is 4.76. The summed E-state index contributed by atoms with van der Waals surface area (Å²) < 4.78 is 4.72. The molecule has 0 aliphatic carbocycles. The molecule has 0 amide bonds. The van der Waals surface area contributed by atoms with Gasteiger partial charge >= 0.3 is 5.97 Å². The number of rotatable bonds is 5. The second-order valence-electron chi connectivity index (χ2n) is 6.60. The van der Waals surface area contributed by atoms with Gasteiger partial charge in [-0.3, -0.25) is 0 Å². The fourth-order valence-corrected chi connectivity index (χ4v) is 3.20. The highest BCUT2D eigenvalue weighted by atomic mass is 16.5. The van der Waals surface area contributed by atoms with E-state index in [0.717, 1.165) is 37.7 Å². The van der Waals surface area contributed by atoms with E-state index in [1.54, 1.807) is 18.3 Å². The first-order valence-electron chi connectivity index (χ1n) is 9.42. The first kappa shape index (κ1) is 18.7. The third kappa shape index (κ3) is 4.43. The number of nitrogens with zero attached hydrogens (tertiary/aromatic N) is 5. The van der Waals surface area contributed by atoms with Crippen LogP contribution in [0.2, 0.25) is 0 Å². The lowest BCUT2D eigenvalue weighted by Gasteiger charge is -2.35. The second-order valence-corrected chi connectivity index (χ2v) is 6.60. The molecule has 0 saturated carbocycles. The van der Waals surface area contributed by atoms with Crippen LogP contribution in [0.4, 0.5) is 23.3 Å². The zero-order valence-electron chi connectivity index (χ0n) is 16.2. The van der Waals surface area contributed by atoms with Crippen LogP contribution in [0.1, 0.15) is 10.4 Å². The predicted octanol–water partition coefficient (Wildman–Crippen LogP) is 2.73. The van der Waals surface area contributed by atoms with Crippen molar-refractivity contribution in [2.75, 3.05) is 48.4 Å². The molecule has 0 unspecified atom stereocenters. The number of pyridine rings is 1. The number of esters is 1. The summed E-state index contributed by atoms with van der Waals surface area (Å²) in [6, 6.07) is 14.9. The Kier molecular flexibility index (Phi) is 5.51. The van der Waals surface area contributed by atoms with E-state index < -0.39 is 0 Å². The predicted molar refractivity (Wildman–Crippen MR) is 112 cm³/mol. The van der Waals surface area contributed by atoms with Gasteiger partial charge in [0.2, 0.25) is 5.95 Å². The van der Waals surface area contributed by atoms with Crippen LogP contribution in [0.5, 0.6) is 0 Å². The highest BCUT2D eigenvalue weighted by molar-refractivity contribution is 5.89. The maximum absolute atomic E-state index is 11.5. The molecule has 2 aromatic heterocycles. The molecule has 1 aliphatic heterocycles. The van der Waals surface area contributed by atoms with Crippen LogP contribution < -0.4 is 15.1 Å². The van der Waals surface area contributed by atoms with Crippen molar-refractivity contribution in [2.24, 2.45) is 0 Å². The van der Waals surface area contributed by atoms with Crippen LogP contribution in [0, 0.1) is 0 Å². The van der Waals surface area contributed by atoms with E-state index in [1.165, 1.54) is 7.11 Å². The summed E-state index contributed by atoms with van der Waals surface area (Å²) in [5, 5.41) is 3.25. The Labute approximate surface area is 169 Å². The van der Waals surface area contributed by atoms with Crippen molar-refractivity contribution in [2.45, 2.75) is 0 Å². The van der Waals surface area contributed by atoms with Gasteiger partial charge in [0.25, 0.3) is 0 Å². The average molecular weight is 390 g/mol. The summed E-state index contributed by atoms with van der Waals surface area (Å²) in [4.78, 5) is 29.5. The standard InChI is InChI=1S/C21H22N6O2/c1-29-20(28)16-5-7-17(8-6-16)24-18-9-11-23-21(25-18)27-14-12-26(13-15-27)19-4-2-3-10-22-19/h2-11H,12-15H2,1H3,(H,23,24,25). The van der Waals surface area contributed by atoms with E-state index in [-0.39, 0.29) is 5.97 Å². The van der Waals surface area contributed by atoms with E-state index in [9.17, 15) is 4.79 Å². The Balaban J connectivity index is 1.39. The lowest BCUT2D eigenvalue weighted by Crippen LogP contribution is -2.47. The Morgan fingerprint density at radius 2 is 1.69 bits per heavy atom. The molecule has 0 radical (unpaired) electrons. The van der Waals surface area contributed by atoms with Gasteiger partial charge in [-0.1, -0.05) is 6.07 Å². The zero-order valence-corrected chi connectivity index (χ0v) is 16.2. The van der Waals surface area contributed by atoms with Gasteiger partial charge in [-0.15, -0.1) is 0 Å². The topological polar surface area (TPSA) is 83.5 Å². The number of carbonyl (C=O) groups is 1. The van der Waals surface area contributed by atoms with Crippen LogP contribution in [0.15, 0.2) is 60.9 Å². The quantitative estimate of drug-likeness (QED) is 0.666. The number of benzene rings is 1. The number of piperazine rings is 1. The first-order chi connectivity index (χ1) is 14.2. The number of aromatic nitrogens is 3. The van der Waals surface area contributed by atoms with Gasteiger partial charge in [-0.25, -0.2) is 14.8 Å². The van der Waals surface area contributed by atoms with Crippen LogP contribution in [0.3, 0.4) is 0 Å². The summed E-state index contributed by atoms with van der Waals surface area (Å²) in [6.07, 6.45) is 3.57. The number of ether oxygens (including phenoxy) is 1. The number of hydrogen-bond donors (Lipinski definition) is 1. The van der Waals surface area contributed by atoms with Crippen molar-refractivity contribution in [3.05, 3.63) is 66.5 Å². The van der Waals surface area contributed by atoms with Crippen molar-refractivity contribution >= 4 is 29.2 Å². The zero-order chi connectivity index (χ0) is 20.1. The minimum absolute atomic E-state index is 0.356. The molecule has 1 aromatic carbocycles. The fraction of sp³-hybridized carbons (Fsp3) is 0.238. The number of hydrogen-bond acceptors (Lipinski definition) is 8. The molecule has 0 spiro atoms. The summed E-state index contributed by atoms with van der Waals surface area (Å²) >= 11 is 0. The molecule has 1 aliphatic rings. The SMILES string of the molecule is COC(=O)c1ccc(Nc2ccnc(N3CCN(c4ccccn4)CC3)n2)cc1. The van der Waals surface area contributed by atoms with Gasteiger partial charge in [0.05, 0.1) is 12.7 Å². The molecule has 4 rings (SSSR count). The van der Waals surface area contributed by atoms with Crippen LogP contribution in [-0.2, 0) is 4.74 Å². The molecule has 1 fully saturated rings. The van der Waals surface area contributed by atoms with Crippen LogP contribution in [0.25, 0.3) is 0 Å². The molecule has 3 heterocycles. The van der Waals surface area contributed by atoms with E-state index in [1.807, 2.05) is 42.6 Å². The van der Waals surface area contributed by atoms with Gasteiger partial charge in [0.15, 0.2) is 0 Å². The highest BCUT2D eigenvalue weighted by Crippen LogP contribution is 2.20. The van der Waals surface area contributed by atoms with Crippen molar-refractivity contribution in [3.8, 4) is 0 Å². The molecule has 148 valence electrons. The molecule has 29 heavy (non-hydrogen) atoms. The lowest BCUT2D eigenvalue weighted by molar-refractivity contribution is 0.0601. The third-order valence-corrected chi connectivity index (χ3v) is 4.76. The fourth-order valence-electron chi connectivity index (χ4n) is 3.20. The monoisotopic (exact) mass is 390 g/mol. The Hall–Kier alpha value is -3.68. The lowest BCUT2D eigenvalue weighted by atomic mass is 10.2. The summed E-state index contributed by atoms with van der Waals surface area (Å²) in [5.41, 5.74) is 1.34. The second kappa shape index (κ2) is 8.55. The number of carbonyl (C=O) groups excluding carboxylic acids is 1. The van der Waals surface area contributed by atoms with E-state index >= 15 is 0 Å². The first-order valence-corrected chi connectivity index (χ1v) is 9.42. The summed E-state index contributed by atoms with van der Waals surface area (Å²) in [5.74, 6) is 2.04. The average Bonchev–Trinajstić information content (AvgIpc) is 2.80. The van der Waals surface area contributed by atoms with E-state index in [4.69, 9.17) is 4.74 Å². The maximum atomic E-state index is 11.5. The summed E-state index contributed by atoms with van der Waals surface area (Å²) in [7, 11) is 1.37. The molecule has 8 nitrogen and oxygen atoms in total. The molecular formula is C21H22N6O2. The number of methoxy groups -OCH3 is 1. The molecular weight excluding hydrogens is 368 g/mol. The minimum atomic E-state index is -0.356. The Morgan fingerprint density at radius 1 is 0.931 bits per heavy atom. The van der Waals surface area contributed by atoms with Gasteiger partial charge in [-0.05, 0) is 42.5 Å². The molecule has 0 bridgehead atoms. The Morgan fingerprint density at radius 3 is 2.38 bits per heavy atom. The number of anilines is 4. The van der Waals surface area contributed by atoms with Crippen molar-refractivity contribution < 1.29 is 9.53 Å². The van der Waals surface area contributed by atoms with Gasteiger partial charge in [0.1, 0.15) is 11.6 Å². The van der Waals surface area contributed by atoms with Crippen molar-refractivity contribution in [1.82, 2.24) is 15.0 Å². The number of nitrogens with one attached hydrogen (secondary N) is 1.